The lowest BCUT2D eigenvalue weighted by atomic mass is 9.79. The fourth-order valence-electron chi connectivity index (χ4n) is 2.40. The van der Waals surface area contributed by atoms with Gasteiger partial charge in [-0.3, -0.25) is 14.8 Å². The van der Waals surface area contributed by atoms with Gasteiger partial charge in [0, 0.05) is 0 Å². The Morgan fingerprint density at radius 1 is 1.68 bits per heavy atom. The van der Waals surface area contributed by atoms with Gasteiger partial charge >= 0.3 is 5.69 Å². The Labute approximate surface area is 123 Å². The number of hydrogen-bond donors (Lipinski definition) is 5. The van der Waals surface area contributed by atoms with E-state index in [0.717, 1.165) is 0 Å². The predicted molar refractivity (Wildman–Crippen MR) is 70.3 cm³/mol. The van der Waals surface area contributed by atoms with Gasteiger partial charge in [0.25, 0.3) is 0 Å². The van der Waals surface area contributed by atoms with Crippen LogP contribution in [-0.4, -0.2) is 44.5 Å². The van der Waals surface area contributed by atoms with Crippen LogP contribution in [0.1, 0.15) is 13.2 Å². The molecule has 2 heterocycles. The third-order valence-electron chi connectivity index (χ3n) is 3.85. The van der Waals surface area contributed by atoms with Crippen molar-refractivity contribution < 1.29 is 24.1 Å². The predicted octanol–water partition coefficient (Wildman–Crippen LogP) is -2.79. The van der Waals surface area contributed by atoms with Crippen LogP contribution in [0.15, 0.2) is 11.0 Å². The molecular weight excluding hydrogens is 301 g/mol. The summed E-state index contributed by atoms with van der Waals surface area (Å²) in [6.07, 6.45) is -3.48. The second-order valence-corrected chi connectivity index (χ2v) is 5.06. The van der Waals surface area contributed by atoms with E-state index in [4.69, 9.17) is 16.3 Å². The number of hydrogen-bond acceptors (Lipinski definition) is 8. The molecule has 0 radical (unpaired) electrons. The van der Waals surface area contributed by atoms with Gasteiger partial charge in [-0.1, -0.05) is 0 Å². The molecule has 1 unspecified atom stereocenters. The summed E-state index contributed by atoms with van der Waals surface area (Å²) in [7, 11) is 0. The zero-order valence-electron chi connectivity index (χ0n) is 11.6. The highest BCUT2D eigenvalue weighted by molar-refractivity contribution is 5.83. The topological polar surface area (TPSA) is 166 Å². The van der Waals surface area contributed by atoms with Crippen LogP contribution in [0.5, 0.6) is 0 Å². The third-order valence-corrected chi connectivity index (χ3v) is 3.85. The van der Waals surface area contributed by atoms with Crippen molar-refractivity contribution in [2.75, 3.05) is 12.3 Å². The number of halogens is 1. The van der Waals surface area contributed by atoms with Crippen molar-refractivity contribution in [3.8, 4) is 0 Å². The average molecular weight is 317 g/mol. The maximum Gasteiger partial charge on any atom is 0.351 e. The number of amides is 1. The van der Waals surface area contributed by atoms with Crippen molar-refractivity contribution in [3.05, 3.63) is 22.5 Å². The van der Waals surface area contributed by atoms with E-state index in [9.17, 15) is 24.2 Å². The minimum Gasteiger partial charge on any atom is -0.394 e. The number of carbonyl (C=O) groups is 1. The number of carbonyl (C=O) groups excluding carboxylic acids is 1. The van der Waals surface area contributed by atoms with E-state index in [0.29, 0.717) is 10.8 Å². The van der Waals surface area contributed by atoms with Gasteiger partial charge in [-0.15, -0.1) is 0 Å². The minimum absolute atomic E-state index is 0.602. The highest BCUT2D eigenvalue weighted by Crippen LogP contribution is 2.43. The standard InChI is InChI=1S/C11H16FN5O5/c1-11(9(20)16-14)5(3-18)22-8(6(11)19)17-2-4(12)7(13)15-10(17)21/h2,5-6,8,18-19H,3,14H2,1H3,(H,16,20)(H2,13,15,21)/t5-,6-,8-,11?/m1/s1. The van der Waals surface area contributed by atoms with Crippen LogP contribution in [0.4, 0.5) is 10.2 Å². The second kappa shape index (κ2) is 5.61. The van der Waals surface area contributed by atoms with E-state index in [1.54, 1.807) is 0 Å². The quantitative estimate of drug-likeness (QED) is 0.227. The molecule has 0 spiro atoms. The number of nitrogen functional groups attached to an aromatic ring is 1. The number of anilines is 1. The van der Waals surface area contributed by atoms with Crippen molar-refractivity contribution in [1.82, 2.24) is 15.0 Å². The van der Waals surface area contributed by atoms with E-state index in [2.05, 4.69) is 4.98 Å². The third kappa shape index (κ3) is 2.23. The van der Waals surface area contributed by atoms with Crippen molar-refractivity contribution in [3.63, 3.8) is 0 Å². The molecule has 1 aliphatic heterocycles. The van der Waals surface area contributed by atoms with Gasteiger partial charge in [-0.25, -0.2) is 15.0 Å². The zero-order valence-corrected chi connectivity index (χ0v) is 11.6. The smallest absolute Gasteiger partial charge is 0.351 e. The molecule has 1 saturated heterocycles. The zero-order chi connectivity index (χ0) is 16.7. The van der Waals surface area contributed by atoms with E-state index >= 15 is 0 Å². The Hall–Kier alpha value is -2.08. The number of nitrogens with one attached hydrogen (secondary N) is 1. The number of rotatable bonds is 3. The normalized spacial score (nSPS) is 31.2. The Bertz CT molecular complexity index is 652. The van der Waals surface area contributed by atoms with Crippen LogP contribution in [0, 0.1) is 11.2 Å². The summed E-state index contributed by atoms with van der Waals surface area (Å²) in [5.74, 6) is 2.67. The summed E-state index contributed by atoms with van der Waals surface area (Å²) in [5, 5.41) is 19.7. The average Bonchev–Trinajstić information content (AvgIpc) is 2.75. The van der Waals surface area contributed by atoms with Crippen LogP contribution < -0.4 is 22.7 Å². The maximum atomic E-state index is 13.5. The molecule has 0 saturated carbocycles. The van der Waals surface area contributed by atoms with Crippen molar-refractivity contribution >= 4 is 11.7 Å². The SMILES string of the molecule is CC1(C(=O)NN)[C@H](O)[C@H](n2cc(F)c(N)nc2=O)O[C@@H]1CO. The molecule has 1 aromatic heterocycles. The molecule has 1 aromatic rings. The van der Waals surface area contributed by atoms with E-state index < -0.39 is 53.7 Å². The first-order valence-corrected chi connectivity index (χ1v) is 6.27. The molecule has 1 amide bonds. The fourth-order valence-corrected chi connectivity index (χ4v) is 2.40. The number of aliphatic hydroxyl groups excluding tert-OH is 2. The lowest BCUT2D eigenvalue weighted by molar-refractivity contribution is -0.138. The molecule has 22 heavy (non-hydrogen) atoms. The van der Waals surface area contributed by atoms with Gasteiger partial charge in [0.05, 0.1) is 12.8 Å². The lowest BCUT2D eigenvalue weighted by Gasteiger charge is -2.29. The molecule has 7 N–H and O–H groups in total. The first kappa shape index (κ1) is 16.3. The molecular formula is C11H16FN5O5. The molecule has 0 bridgehead atoms. The summed E-state index contributed by atoms with van der Waals surface area (Å²) < 4.78 is 19.5. The molecule has 122 valence electrons. The van der Waals surface area contributed by atoms with E-state index in [-0.39, 0.29) is 0 Å². The van der Waals surface area contributed by atoms with E-state index in [1.807, 2.05) is 5.43 Å². The second-order valence-electron chi connectivity index (χ2n) is 5.06. The minimum atomic E-state index is -1.65. The molecule has 1 fully saturated rings. The number of hydrazine groups is 1. The van der Waals surface area contributed by atoms with E-state index in [1.165, 1.54) is 6.92 Å². The Kier molecular flexibility index (Phi) is 4.15. The van der Waals surface area contributed by atoms with Crippen LogP contribution in [0.2, 0.25) is 0 Å². The Balaban J connectivity index is 2.49. The molecule has 1 aliphatic rings. The highest BCUT2D eigenvalue weighted by atomic mass is 19.1. The number of ether oxygens (including phenoxy) is 1. The van der Waals surface area contributed by atoms with Gasteiger partial charge in [0.1, 0.15) is 17.6 Å². The molecule has 10 nitrogen and oxygen atoms in total. The Morgan fingerprint density at radius 3 is 2.86 bits per heavy atom. The van der Waals surface area contributed by atoms with Crippen molar-refractivity contribution in [2.24, 2.45) is 11.3 Å². The maximum absolute atomic E-state index is 13.5. The number of aromatic nitrogens is 2. The first-order chi connectivity index (χ1) is 10.3. The van der Waals surface area contributed by atoms with Crippen LogP contribution in [-0.2, 0) is 9.53 Å². The lowest BCUT2D eigenvalue weighted by Crippen LogP contribution is -2.53. The van der Waals surface area contributed by atoms with Gasteiger partial charge in [0.15, 0.2) is 17.9 Å². The summed E-state index contributed by atoms with van der Waals surface area (Å²) >= 11 is 0. The van der Waals surface area contributed by atoms with Gasteiger partial charge in [0.2, 0.25) is 5.91 Å². The van der Waals surface area contributed by atoms with Crippen LogP contribution in [0.3, 0.4) is 0 Å². The number of aliphatic hydroxyl groups is 2. The fraction of sp³-hybridized carbons (Fsp3) is 0.545. The summed E-state index contributed by atoms with van der Waals surface area (Å²) in [6.45, 7) is 0.671. The highest BCUT2D eigenvalue weighted by Gasteiger charge is 2.58. The van der Waals surface area contributed by atoms with Gasteiger partial charge in [-0.2, -0.15) is 4.98 Å². The van der Waals surface area contributed by atoms with Crippen LogP contribution >= 0.6 is 0 Å². The summed E-state index contributed by atoms with van der Waals surface area (Å²) in [6, 6.07) is 0. The molecule has 11 heteroatoms. The molecule has 2 rings (SSSR count). The Morgan fingerprint density at radius 2 is 2.32 bits per heavy atom. The van der Waals surface area contributed by atoms with Crippen LogP contribution in [0.25, 0.3) is 0 Å². The van der Waals surface area contributed by atoms with Gasteiger partial charge < -0.3 is 20.7 Å². The largest absolute Gasteiger partial charge is 0.394 e. The molecule has 0 aliphatic carbocycles. The summed E-state index contributed by atoms with van der Waals surface area (Å²) in [5.41, 5.74) is 4.42. The van der Waals surface area contributed by atoms with Crippen molar-refractivity contribution in [2.45, 2.75) is 25.4 Å². The molecule has 0 aromatic carbocycles. The number of nitrogens with zero attached hydrogens (tertiary/aromatic N) is 2. The molecule has 4 atom stereocenters. The first-order valence-electron chi connectivity index (χ1n) is 6.27. The summed E-state index contributed by atoms with van der Waals surface area (Å²) in [4.78, 5) is 27.0. The van der Waals surface area contributed by atoms with Crippen molar-refractivity contribution in [1.29, 1.82) is 0 Å². The monoisotopic (exact) mass is 317 g/mol. The van der Waals surface area contributed by atoms with Gasteiger partial charge in [-0.05, 0) is 6.92 Å². The number of nitrogens with two attached hydrogens (primary N) is 2.